The summed E-state index contributed by atoms with van der Waals surface area (Å²) in [7, 11) is 0. The molecule has 2 nitrogen and oxygen atoms in total. The highest BCUT2D eigenvalue weighted by molar-refractivity contribution is 7.99. The molecule has 0 saturated carbocycles. The molecule has 4 heteroatoms. The van der Waals surface area contributed by atoms with Gasteiger partial charge in [0.25, 0.3) is 0 Å². The second kappa shape index (κ2) is 8.18. The third-order valence-corrected chi connectivity index (χ3v) is 5.84. The number of para-hydroxylation sites is 2. The first-order valence-corrected chi connectivity index (χ1v) is 9.59. The van der Waals surface area contributed by atoms with E-state index in [1.807, 2.05) is 48.5 Å². The van der Waals surface area contributed by atoms with Crippen molar-refractivity contribution in [3.05, 3.63) is 83.9 Å². The Labute approximate surface area is 150 Å². The quantitative estimate of drug-likeness (QED) is 0.559. The van der Waals surface area contributed by atoms with Crippen molar-refractivity contribution in [2.75, 3.05) is 0 Å². The molecule has 3 aromatic rings. The Hall–Kier alpha value is -2.04. The van der Waals surface area contributed by atoms with Crippen LogP contribution in [0.1, 0.15) is 11.1 Å². The van der Waals surface area contributed by atoms with Gasteiger partial charge in [-0.05, 0) is 35.4 Å². The number of hydrogen-bond donors (Lipinski definition) is 2. The molecule has 0 aromatic heterocycles. The molecule has 122 valence electrons. The maximum Gasteiger partial charge on any atom is 0.129 e. The monoisotopic (exact) mass is 354 g/mol. The number of thioether (sulfide) groups is 2. The Morgan fingerprint density at radius 1 is 0.542 bits per heavy atom. The van der Waals surface area contributed by atoms with E-state index in [2.05, 4.69) is 12.1 Å². The molecular weight excluding hydrogens is 336 g/mol. The third kappa shape index (κ3) is 4.28. The maximum absolute atomic E-state index is 9.89. The molecule has 0 spiro atoms. The fourth-order valence-electron chi connectivity index (χ4n) is 2.31. The molecule has 0 amide bonds. The molecule has 0 aliphatic carbocycles. The van der Waals surface area contributed by atoms with Gasteiger partial charge in [-0.25, -0.2) is 0 Å². The van der Waals surface area contributed by atoms with Crippen molar-refractivity contribution < 1.29 is 10.2 Å². The lowest BCUT2D eigenvalue weighted by atomic mass is 10.1. The number of rotatable bonds is 6. The predicted molar refractivity (Wildman–Crippen MR) is 102 cm³/mol. The highest BCUT2D eigenvalue weighted by atomic mass is 32.2. The van der Waals surface area contributed by atoms with E-state index in [9.17, 15) is 10.2 Å². The van der Waals surface area contributed by atoms with Gasteiger partial charge in [-0.1, -0.05) is 48.5 Å². The summed E-state index contributed by atoms with van der Waals surface area (Å²) in [6.07, 6.45) is 0. The summed E-state index contributed by atoms with van der Waals surface area (Å²) in [6.45, 7) is 0. The van der Waals surface area contributed by atoms with E-state index in [1.165, 1.54) is 11.1 Å². The normalized spacial score (nSPS) is 10.7. The van der Waals surface area contributed by atoms with Gasteiger partial charge >= 0.3 is 0 Å². The maximum atomic E-state index is 9.89. The standard InChI is InChI=1S/C20H18O2S2/c21-17-9-3-5-11-19(17)23-13-15-7-1-2-8-16(15)14-24-20-12-6-4-10-18(20)22/h1-12,21-22H,13-14H2. The van der Waals surface area contributed by atoms with Crippen molar-refractivity contribution in [1.29, 1.82) is 0 Å². The van der Waals surface area contributed by atoms with Gasteiger partial charge in [0, 0.05) is 21.3 Å². The molecule has 3 aromatic carbocycles. The van der Waals surface area contributed by atoms with Gasteiger partial charge in [0.1, 0.15) is 11.5 Å². The van der Waals surface area contributed by atoms with E-state index < -0.39 is 0 Å². The van der Waals surface area contributed by atoms with E-state index in [-0.39, 0.29) is 0 Å². The Morgan fingerprint density at radius 3 is 1.33 bits per heavy atom. The van der Waals surface area contributed by atoms with Crippen molar-refractivity contribution >= 4 is 23.5 Å². The van der Waals surface area contributed by atoms with E-state index >= 15 is 0 Å². The number of benzene rings is 3. The molecule has 0 fully saturated rings. The molecule has 24 heavy (non-hydrogen) atoms. The minimum atomic E-state index is 0.323. The van der Waals surface area contributed by atoms with Crippen LogP contribution in [0.3, 0.4) is 0 Å². The molecule has 0 saturated heterocycles. The first-order valence-electron chi connectivity index (χ1n) is 7.62. The van der Waals surface area contributed by atoms with Crippen LogP contribution in [-0.2, 0) is 11.5 Å². The van der Waals surface area contributed by atoms with Crippen molar-refractivity contribution in [2.45, 2.75) is 21.3 Å². The summed E-state index contributed by atoms with van der Waals surface area (Å²) >= 11 is 3.26. The summed E-state index contributed by atoms with van der Waals surface area (Å²) in [6, 6.07) is 23.1. The summed E-state index contributed by atoms with van der Waals surface area (Å²) in [5.74, 6) is 2.25. The zero-order chi connectivity index (χ0) is 16.8. The summed E-state index contributed by atoms with van der Waals surface area (Å²) in [5, 5.41) is 19.8. The number of phenolic OH excluding ortho intramolecular Hbond substituents is 2. The van der Waals surface area contributed by atoms with Gasteiger partial charge < -0.3 is 10.2 Å². The highest BCUT2D eigenvalue weighted by Gasteiger charge is 2.07. The third-order valence-electron chi connectivity index (χ3n) is 3.62. The van der Waals surface area contributed by atoms with Crippen LogP contribution in [0.25, 0.3) is 0 Å². The molecule has 0 radical (unpaired) electrons. The van der Waals surface area contributed by atoms with E-state index in [4.69, 9.17) is 0 Å². The topological polar surface area (TPSA) is 40.5 Å². The van der Waals surface area contributed by atoms with Crippen LogP contribution < -0.4 is 0 Å². The second-order valence-corrected chi connectivity index (χ2v) is 7.32. The summed E-state index contributed by atoms with van der Waals surface area (Å²) in [4.78, 5) is 1.78. The molecule has 3 rings (SSSR count). The van der Waals surface area contributed by atoms with Crippen molar-refractivity contribution in [2.24, 2.45) is 0 Å². The first kappa shape index (κ1) is 16.8. The van der Waals surface area contributed by atoms with Gasteiger partial charge in [-0.2, -0.15) is 0 Å². The van der Waals surface area contributed by atoms with E-state index in [0.717, 1.165) is 21.3 Å². The van der Waals surface area contributed by atoms with Gasteiger partial charge in [-0.15, -0.1) is 23.5 Å². The van der Waals surface area contributed by atoms with Crippen LogP contribution in [0, 0.1) is 0 Å². The molecule has 0 heterocycles. The SMILES string of the molecule is Oc1ccccc1SCc1ccccc1CSc1ccccc1O. The Morgan fingerprint density at radius 2 is 0.917 bits per heavy atom. The lowest BCUT2D eigenvalue weighted by Gasteiger charge is -2.10. The van der Waals surface area contributed by atoms with Crippen LogP contribution in [-0.4, -0.2) is 10.2 Å². The largest absolute Gasteiger partial charge is 0.507 e. The van der Waals surface area contributed by atoms with Crippen LogP contribution in [0.15, 0.2) is 82.6 Å². The Bertz CT molecular complexity index is 749. The smallest absolute Gasteiger partial charge is 0.129 e. The predicted octanol–water partition coefficient (Wildman–Crippen LogP) is 5.68. The van der Waals surface area contributed by atoms with Gasteiger partial charge in [0.05, 0.1) is 0 Å². The zero-order valence-corrected chi connectivity index (χ0v) is 14.7. The number of hydrogen-bond acceptors (Lipinski definition) is 4. The van der Waals surface area contributed by atoms with Crippen molar-refractivity contribution in [3.63, 3.8) is 0 Å². The molecule has 0 atom stereocenters. The van der Waals surface area contributed by atoms with Gasteiger partial charge in [-0.3, -0.25) is 0 Å². The van der Waals surface area contributed by atoms with E-state index in [1.54, 1.807) is 35.7 Å². The van der Waals surface area contributed by atoms with Gasteiger partial charge in [0.2, 0.25) is 0 Å². The van der Waals surface area contributed by atoms with Crippen molar-refractivity contribution in [1.82, 2.24) is 0 Å². The Kier molecular flexibility index (Phi) is 5.72. The van der Waals surface area contributed by atoms with Crippen LogP contribution in [0.5, 0.6) is 11.5 Å². The fraction of sp³-hybridized carbons (Fsp3) is 0.100. The van der Waals surface area contributed by atoms with Crippen LogP contribution in [0.2, 0.25) is 0 Å². The van der Waals surface area contributed by atoms with E-state index in [0.29, 0.717) is 11.5 Å². The average Bonchev–Trinajstić information content (AvgIpc) is 2.61. The van der Waals surface area contributed by atoms with Gasteiger partial charge in [0.15, 0.2) is 0 Å². The minimum absolute atomic E-state index is 0.323. The minimum Gasteiger partial charge on any atom is -0.507 e. The summed E-state index contributed by atoms with van der Waals surface area (Å²) in [5.41, 5.74) is 2.49. The van der Waals surface area contributed by atoms with Crippen molar-refractivity contribution in [3.8, 4) is 11.5 Å². The molecule has 0 aliphatic heterocycles. The lowest BCUT2D eigenvalue weighted by molar-refractivity contribution is 0.462. The Balaban J connectivity index is 1.69. The first-order chi connectivity index (χ1) is 11.7. The zero-order valence-electron chi connectivity index (χ0n) is 13.1. The lowest BCUT2D eigenvalue weighted by Crippen LogP contribution is -1.90. The number of phenols is 2. The molecule has 0 unspecified atom stereocenters. The highest BCUT2D eigenvalue weighted by Crippen LogP contribution is 2.34. The fourth-order valence-corrected chi connectivity index (χ4v) is 4.28. The van der Waals surface area contributed by atoms with Crippen LogP contribution in [0.4, 0.5) is 0 Å². The van der Waals surface area contributed by atoms with Crippen LogP contribution >= 0.6 is 23.5 Å². The molecule has 2 N–H and O–H groups in total. The second-order valence-electron chi connectivity index (χ2n) is 5.28. The summed E-state index contributed by atoms with van der Waals surface area (Å²) < 4.78 is 0. The molecular formula is C20H18O2S2. The molecule has 0 bridgehead atoms. The average molecular weight is 354 g/mol. The molecule has 0 aliphatic rings. The number of aromatic hydroxyl groups is 2.